The van der Waals surface area contributed by atoms with Gasteiger partial charge in [0.2, 0.25) is 0 Å². The fourth-order valence-electron chi connectivity index (χ4n) is 2.34. The van der Waals surface area contributed by atoms with Crippen molar-refractivity contribution in [2.24, 2.45) is 7.05 Å². The summed E-state index contributed by atoms with van der Waals surface area (Å²) in [7, 11) is 1.73. The molecule has 0 unspecified atom stereocenters. The standard InChI is InChI=1S/C14H18N4O2/c1-9-3-6-11(20-9)8-18(10-4-5-10)14(19)13-12(15)7-16-17(13)2/h3,6-7,10H,4-5,8,15H2,1-2H3. The molecular formula is C14H18N4O2. The summed E-state index contributed by atoms with van der Waals surface area (Å²) in [6.45, 7) is 2.37. The van der Waals surface area contributed by atoms with E-state index in [1.165, 1.54) is 10.9 Å². The summed E-state index contributed by atoms with van der Waals surface area (Å²) in [5.41, 5.74) is 6.70. The molecule has 6 nitrogen and oxygen atoms in total. The van der Waals surface area contributed by atoms with E-state index in [-0.39, 0.29) is 11.9 Å². The number of hydrogen-bond acceptors (Lipinski definition) is 4. The third kappa shape index (κ3) is 2.29. The normalized spacial score (nSPS) is 14.5. The predicted octanol–water partition coefficient (Wildman–Crippen LogP) is 1.71. The van der Waals surface area contributed by atoms with Gasteiger partial charge >= 0.3 is 0 Å². The van der Waals surface area contributed by atoms with Crippen LogP contribution in [0.3, 0.4) is 0 Å². The monoisotopic (exact) mass is 274 g/mol. The van der Waals surface area contributed by atoms with Gasteiger partial charge in [-0.25, -0.2) is 0 Å². The molecule has 1 aliphatic rings. The molecule has 1 fully saturated rings. The van der Waals surface area contributed by atoms with E-state index >= 15 is 0 Å². The molecule has 2 heterocycles. The number of amides is 1. The van der Waals surface area contributed by atoms with Crippen molar-refractivity contribution >= 4 is 11.6 Å². The highest BCUT2D eigenvalue weighted by atomic mass is 16.3. The summed E-state index contributed by atoms with van der Waals surface area (Å²) in [5, 5.41) is 4.03. The Morgan fingerprint density at radius 2 is 2.30 bits per heavy atom. The van der Waals surface area contributed by atoms with Crippen LogP contribution >= 0.6 is 0 Å². The van der Waals surface area contributed by atoms with Crippen molar-refractivity contribution in [1.29, 1.82) is 0 Å². The quantitative estimate of drug-likeness (QED) is 0.920. The van der Waals surface area contributed by atoms with Crippen LogP contribution in [0.1, 0.15) is 34.9 Å². The van der Waals surface area contributed by atoms with E-state index in [2.05, 4.69) is 5.10 Å². The maximum absolute atomic E-state index is 12.7. The molecule has 106 valence electrons. The van der Waals surface area contributed by atoms with E-state index in [0.717, 1.165) is 24.4 Å². The Morgan fingerprint density at radius 1 is 1.55 bits per heavy atom. The molecule has 6 heteroatoms. The number of nitrogens with zero attached hydrogens (tertiary/aromatic N) is 3. The van der Waals surface area contributed by atoms with Gasteiger partial charge in [0.05, 0.1) is 18.4 Å². The van der Waals surface area contributed by atoms with E-state index in [1.54, 1.807) is 7.05 Å². The first-order valence-electron chi connectivity index (χ1n) is 6.70. The zero-order valence-electron chi connectivity index (χ0n) is 11.7. The summed E-state index contributed by atoms with van der Waals surface area (Å²) in [6, 6.07) is 4.09. The van der Waals surface area contributed by atoms with Crippen LogP contribution in [0.2, 0.25) is 0 Å². The van der Waals surface area contributed by atoms with Gasteiger partial charge in [-0.15, -0.1) is 0 Å². The van der Waals surface area contributed by atoms with Gasteiger partial charge in [-0.05, 0) is 31.9 Å². The number of carbonyl (C=O) groups excluding carboxylic acids is 1. The predicted molar refractivity (Wildman–Crippen MR) is 74.0 cm³/mol. The molecule has 1 aliphatic carbocycles. The Kier molecular flexibility index (Phi) is 3.00. The highest BCUT2D eigenvalue weighted by Crippen LogP contribution is 2.30. The Morgan fingerprint density at radius 3 is 2.80 bits per heavy atom. The molecule has 2 N–H and O–H groups in total. The van der Waals surface area contributed by atoms with Gasteiger partial charge in [0.1, 0.15) is 17.2 Å². The minimum atomic E-state index is -0.0842. The van der Waals surface area contributed by atoms with E-state index in [9.17, 15) is 4.79 Å². The number of carbonyl (C=O) groups is 1. The molecular weight excluding hydrogens is 256 g/mol. The van der Waals surface area contributed by atoms with Crippen molar-refractivity contribution in [3.63, 3.8) is 0 Å². The number of furan rings is 1. The average Bonchev–Trinajstić information content (AvgIpc) is 3.08. The van der Waals surface area contributed by atoms with Crippen molar-refractivity contribution in [3.8, 4) is 0 Å². The molecule has 0 bridgehead atoms. The average molecular weight is 274 g/mol. The van der Waals surface area contributed by atoms with Crippen molar-refractivity contribution in [1.82, 2.24) is 14.7 Å². The van der Waals surface area contributed by atoms with Crippen LogP contribution < -0.4 is 5.73 Å². The topological polar surface area (TPSA) is 77.3 Å². The number of hydrogen-bond donors (Lipinski definition) is 1. The zero-order valence-corrected chi connectivity index (χ0v) is 11.7. The Labute approximate surface area is 117 Å². The van der Waals surface area contributed by atoms with Crippen molar-refractivity contribution in [2.45, 2.75) is 32.4 Å². The number of anilines is 1. The largest absolute Gasteiger partial charge is 0.464 e. The highest BCUT2D eigenvalue weighted by molar-refractivity contribution is 5.97. The summed E-state index contributed by atoms with van der Waals surface area (Å²) < 4.78 is 7.10. The summed E-state index contributed by atoms with van der Waals surface area (Å²) in [4.78, 5) is 14.5. The van der Waals surface area contributed by atoms with Crippen LogP contribution in [-0.2, 0) is 13.6 Å². The smallest absolute Gasteiger partial charge is 0.274 e. The van der Waals surface area contributed by atoms with Crippen LogP contribution in [-0.4, -0.2) is 26.6 Å². The second-order valence-electron chi connectivity index (χ2n) is 5.25. The molecule has 1 saturated carbocycles. The number of nitrogens with two attached hydrogens (primary N) is 1. The molecule has 1 amide bonds. The Hall–Kier alpha value is -2.24. The van der Waals surface area contributed by atoms with Crippen LogP contribution in [0.5, 0.6) is 0 Å². The number of nitrogen functional groups attached to an aromatic ring is 1. The van der Waals surface area contributed by atoms with E-state index in [1.807, 2.05) is 24.0 Å². The first kappa shape index (κ1) is 12.8. The van der Waals surface area contributed by atoms with Crippen LogP contribution in [0.25, 0.3) is 0 Å². The Bertz CT molecular complexity index is 620. The zero-order chi connectivity index (χ0) is 14.3. The number of rotatable bonds is 4. The lowest BCUT2D eigenvalue weighted by molar-refractivity contribution is 0.0707. The number of aromatic nitrogens is 2. The van der Waals surface area contributed by atoms with Gasteiger partial charge in [-0.3, -0.25) is 9.48 Å². The lowest BCUT2D eigenvalue weighted by atomic mass is 10.3. The highest BCUT2D eigenvalue weighted by Gasteiger charge is 2.35. The molecule has 0 spiro atoms. The fourth-order valence-corrected chi connectivity index (χ4v) is 2.34. The molecule has 0 atom stereocenters. The molecule has 2 aromatic heterocycles. The van der Waals surface area contributed by atoms with Gasteiger partial charge in [0, 0.05) is 13.1 Å². The summed E-state index contributed by atoms with van der Waals surface area (Å²) in [6.07, 6.45) is 3.57. The third-order valence-corrected chi connectivity index (χ3v) is 3.54. The number of aryl methyl sites for hydroxylation is 2. The van der Waals surface area contributed by atoms with Gasteiger partial charge < -0.3 is 15.1 Å². The lowest BCUT2D eigenvalue weighted by Crippen LogP contribution is -2.34. The van der Waals surface area contributed by atoms with E-state index < -0.39 is 0 Å². The minimum Gasteiger partial charge on any atom is -0.464 e. The van der Waals surface area contributed by atoms with Crippen LogP contribution in [0, 0.1) is 6.92 Å². The Balaban J connectivity index is 1.85. The molecule has 0 aromatic carbocycles. The van der Waals surface area contributed by atoms with Crippen molar-refractivity contribution in [3.05, 3.63) is 35.5 Å². The first-order valence-corrected chi connectivity index (χ1v) is 6.70. The van der Waals surface area contributed by atoms with Gasteiger partial charge in [0.15, 0.2) is 0 Å². The summed E-state index contributed by atoms with van der Waals surface area (Å²) >= 11 is 0. The summed E-state index contributed by atoms with van der Waals surface area (Å²) in [5.74, 6) is 1.56. The molecule has 0 saturated heterocycles. The van der Waals surface area contributed by atoms with E-state index in [4.69, 9.17) is 10.2 Å². The second kappa shape index (κ2) is 4.70. The SMILES string of the molecule is Cc1ccc(CN(C(=O)c2c(N)cnn2C)C2CC2)o1. The second-order valence-corrected chi connectivity index (χ2v) is 5.25. The third-order valence-electron chi connectivity index (χ3n) is 3.54. The van der Waals surface area contributed by atoms with Crippen molar-refractivity contribution < 1.29 is 9.21 Å². The van der Waals surface area contributed by atoms with E-state index in [0.29, 0.717) is 17.9 Å². The van der Waals surface area contributed by atoms with Crippen LogP contribution in [0.15, 0.2) is 22.7 Å². The van der Waals surface area contributed by atoms with Crippen LogP contribution in [0.4, 0.5) is 5.69 Å². The molecule has 3 rings (SSSR count). The molecule has 2 aromatic rings. The van der Waals surface area contributed by atoms with Gasteiger partial charge in [-0.1, -0.05) is 0 Å². The van der Waals surface area contributed by atoms with Gasteiger partial charge in [-0.2, -0.15) is 5.10 Å². The first-order chi connectivity index (χ1) is 9.56. The molecule has 20 heavy (non-hydrogen) atoms. The molecule has 0 aliphatic heterocycles. The lowest BCUT2D eigenvalue weighted by Gasteiger charge is -2.21. The van der Waals surface area contributed by atoms with Gasteiger partial charge in [0.25, 0.3) is 5.91 Å². The maximum atomic E-state index is 12.7. The van der Waals surface area contributed by atoms with Crippen molar-refractivity contribution in [2.75, 3.05) is 5.73 Å². The minimum absolute atomic E-state index is 0.0842. The molecule has 0 radical (unpaired) electrons. The maximum Gasteiger partial charge on any atom is 0.274 e. The fraction of sp³-hybridized carbons (Fsp3) is 0.429.